The van der Waals surface area contributed by atoms with Gasteiger partial charge in [0.25, 0.3) is 0 Å². The molecule has 0 saturated heterocycles. The lowest BCUT2D eigenvalue weighted by molar-refractivity contribution is 0.475. The summed E-state index contributed by atoms with van der Waals surface area (Å²) in [4.78, 5) is 8.29. The summed E-state index contributed by atoms with van der Waals surface area (Å²) in [6.45, 7) is 1.82. The molecular formula is C11H10ClN3O. The van der Waals surface area contributed by atoms with Gasteiger partial charge in [-0.15, -0.1) is 0 Å². The van der Waals surface area contributed by atoms with E-state index in [4.69, 9.17) is 17.3 Å². The molecule has 1 aromatic heterocycles. The molecule has 4 nitrogen and oxygen atoms in total. The number of aryl methyl sites for hydroxylation is 1. The van der Waals surface area contributed by atoms with Crippen molar-refractivity contribution >= 4 is 17.4 Å². The number of benzene rings is 1. The number of halogens is 1. The van der Waals surface area contributed by atoms with Crippen LogP contribution >= 0.6 is 11.6 Å². The largest absolute Gasteiger partial charge is 0.508 e. The number of hydrogen-bond acceptors (Lipinski definition) is 4. The van der Waals surface area contributed by atoms with Crippen molar-refractivity contribution in [2.45, 2.75) is 6.92 Å². The van der Waals surface area contributed by atoms with Crippen LogP contribution in [0.2, 0.25) is 5.02 Å². The maximum atomic E-state index is 9.26. The van der Waals surface area contributed by atoms with Gasteiger partial charge in [0.2, 0.25) is 0 Å². The zero-order valence-corrected chi connectivity index (χ0v) is 9.36. The van der Waals surface area contributed by atoms with Crippen molar-refractivity contribution in [1.82, 2.24) is 9.97 Å². The molecule has 16 heavy (non-hydrogen) atoms. The quantitative estimate of drug-likeness (QED) is 0.796. The molecular weight excluding hydrogens is 226 g/mol. The van der Waals surface area contributed by atoms with Crippen molar-refractivity contribution in [3.05, 3.63) is 35.1 Å². The highest BCUT2D eigenvalue weighted by Crippen LogP contribution is 2.31. The molecule has 0 aliphatic carbocycles. The lowest BCUT2D eigenvalue weighted by Crippen LogP contribution is -1.97. The Kier molecular flexibility index (Phi) is 2.66. The van der Waals surface area contributed by atoms with Crippen molar-refractivity contribution < 1.29 is 5.11 Å². The van der Waals surface area contributed by atoms with E-state index < -0.39 is 0 Å². The van der Waals surface area contributed by atoms with Crippen LogP contribution in [0.3, 0.4) is 0 Å². The van der Waals surface area contributed by atoms with Crippen molar-refractivity contribution in [2.24, 2.45) is 0 Å². The number of aromatic hydroxyl groups is 1. The van der Waals surface area contributed by atoms with Crippen molar-refractivity contribution in [3.63, 3.8) is 0 Å². The maximum absolute atomic E-state index is 9.26. The Balaban J connectivity index is 2.62. The molecule has 3 N–H and O–H groups in total. The molecule has 0 aliphatic heterocycles. The van der Waals surface area contributed by atoms with Crippen LogP contribution in [0.25, 0.3) is 11.3 Å². The van der Waals surface area contributed by atoms with E-state index in [1.807, 2.05) is 6.92 Å². The van der Waals surface area contributed by atoms with Gasteiger partial charge in [0.15, 0.2) is 0 Å². The van der Waals surface area contributed by atoms with E-state index in [0.717, 1.165) is 5.69 Å². The Morgan fingerprint density at radius 2 is 2.12 bits per heavy atom. The van der Waals surface area contributed by atoms with Gasteiger partial charge in [-0.3, -0.25) is 4.98 Å². The number of phenols is 1. The van der Waals surface area contributed by atoms with E-state index >= 15 is 0 Å². The van der Waals surface area contributed by atoms with Crippen LogP contribution in [-0.2, 0) is 0 Å². The Morgan fingerprint density at radius 3 is 2.81 bits per heavy atom. The van der Waals surface area contributed by atoms with Crippen molar-refractivity contribution in [3.8, 4) is 17.0 Å². The molecule has 2 aromatic rings. The van der Waals surface area contributed by atoms with Crippen LogP contribution in [0.1, 0.15) is 5.69 Å². The molecule has 0 aliphatic rings. The smallest absolute Gasteiger partial charge is 0.142 e. The first kappa shape index (κ1) is 10.7. The monoisotopic (exact) mass is 235 g/mol. The van der Waals surface area contributed by atoms with E-state index in [1.54, 1.807) is 12.1 Å². The Bertz CT molecular complexity index is 543. The number of rotatable bonds is 1. The first-order valence-electron chi connectivity index (χ1n) is 4.66. The highest BCUT2D eigenvalue weighted by Gasteiger charge is 2.10. The number of nitrogens with zero attached hydrogens (tertiary/aromatic N) is 2. The van der Waals surface area contributed by atoms with Gasteiger partial charge in [0.1, 0.15) is 11.6 Å². The fourth-order valence-corrected chi connectivity index (χ4v) is 1.68. The molecule has 0 bridgehead atoms. The van der Waals surface area contributed by atoms with Gasteiger partial charge in [0.05, 0.1) is 22.6 Å². The van der Waals surface area contributed by atoms with Crippen LogP contribution in [0, 0.1) is 6.92 Å². The normalized spacial score (nSPS) is 10.4. The molecule has 0 amide bonds. The summed E-state index contributed by atoms with van der Waals surface area (Å²) in [6, 6.07) is 4.70. The van der Waals surface area contributed by atoms with Crippen molar-refractivity contribution in [1.29, 1.82) is 0 Å². The summed E-state index contributed by atoms with van der Waals surface area (Å²) >= 11 is 6.02. The fourth-order valence-electron chi connectivity index (χ4n) is 1.41. The summed E-state index contributed by atoms with van der Waals surface area (Å²) < 4.78 is 0. The third-order valence-corrected chi connectivity index (χ3v) is 2.49. The molecule has 1 aromatic carbocycles. The lowest BCUT2D eigenvalue weighted by Gasteiger charge is -2.07. The number of hydrogen-bond donors (Lipinski definition) is 2. The number of nitrogen functional groups attached to an aromatic ring is 1. The van der Waals surface area contributed by atoms with E-state index in [0.29, 0.717) is 22.1 Å². The second kappa shape index (κ2) is 3.98. The topological polar surface area (TPSA) is 72.0 Å². The first-order chi connectivity index (χ1) is 7.58. The minimum absolute atomic E-state index is 0.114. The third kappa shape index (κ3) is 1.92. The van der Waals surface area contributed by atoms with E-state index in [2.05, 4.69) is 9.97 Å². The van der Waals surface area contributed by atoms with E-state index in [9.17, 15) is 5.11 Å². The number of aromatic nitrogens is 2. The van der Waals surface area contributed by atoms with Gasteiger partial charge >= 0.3 is 0 Å². The predicted octanol–water partition coefficient (Wildman–Crippen LogP) is 2.39. The second-order valence-corrected chi connectivity index (χ2v) is 3.80. The molecule has 0 atom stereocenters. The molecule has 82 valence electrons. The van der Waals surface area contributed by atoms with Crippen LogP contribution in [-0.4, -0.2) is 15.1 Å². The summed E-state index contributed by atoms with van der Waals surface area (Å²) in [6.07, 6.45) is 1.49. The zero-order valence-electron chi connectivity index (χ0n) is 8.61. The van der Waals surface area contributed by atoms with E-state index in [1.165, 1.54) is 12.3 Å². The number of anilines is 1. The predicted molar refractivity (Wildman–Crippen MR) is 63.3 cm³/mol. The van der Waals surface area contributed by atoms with E-state index in [-0.39, 0.29) is 5.75 Å². The van der Waals surface area contributed by atoms with Crippen LogP contribution in [0.4, 0.5) is 5.82 Å². The SMILES string of the molecule is Cc1ncc(N)nc1-c1ccc(O)cc1Cl. The molecule has 2 rings (SSSR count). The van der Waals surface area contributed by atoms with Gasteiger partial charge < -0.3 is 10.8 Å². The Hall–Kier alpha value is -1.81. The van der Waals surface area contributed by atoms with Gasteiger partial charge in [-0.05, 0) is 25.1 Å². The standard InChI is InChI=1S/C11H10ClN3O/c1-6-11(15-10(13)5-14-6)8-3-2-7(16)4-9(8)12/h2-5,16H,1H3,(H2,13,15). The third-order valence-electron chi connectivity index (χ3n) is 2.18. The average Bonchev–Trinajstić information content (AvgIpc) is 2.22. The molecule has 0 spiro atoms. The lowest BCUT2D eigenvalue weighted by atomic mass is 10.1. The molecule has 5 heteroatoms. The summed E-state index contributed by atoms with van der Waals surface area (Å²) in [5.74, 6) is 0.452. The van der Waals surface area contributed by atoms with Crippen LogP contribution in [0.5, 0.6) is 5.75 Å². The fraction of sp³-hybridized carbons (Fsp3) is 0.0909. The summed E-state index contributed by atoms with van der Waals surface area (Å²) in [7, 11) is 0. The molecule has 0 unspecified atom stereocenters. The Labute approximate surface area is 97.7 Å². The first-order valence-corrected chi connectivity index (χ1v) is 5.03. The van der Waals surface area contributed by atoms with Gasteiger partial charge in [0, 0.05) is 5.56 Å². The molecule has 1 heterocycles. The van der Waals surface area contributed by atoms with Gasteiger partial charge in [-0.25, -0.2) is 4.98 Å². The average molecular weight is 236 g/mol. The molecule has 0 radical (unpaired) electrons. The van der Waals surface area contributed by atoms with Crippen molar-refractivity contribution in [2.75, 3.05) is 5.73 Å². The summed E-state index contributed by atoms with van der Waals surface area (Å²) in [5.41, 5.74) is 7.65. The second-order valence-electron chi connectivity index (χ2n) is 3.39. The maximum Gasteiger partial charge on any atom is 0.142 e. The number of nitrogens with two attached hydrogens (primary N) is 1. The molecule has 0 fully saturated rings. The highest BCUT2D eigenvalue weighted by atomic mass is 35.5. The minimum Gasteiger partial charge on any atom is -0.508 e. The molecule has 0 saturated carbocycles. The highest BCUT2D eigenvalue weighted by molar-refractivity contribution is 6.33. The van der Waals surface area contributed by atoms with Gasteiger partial charge in [-0.1, -0.05) is 11.6 Å². The minimum atomic E-state index is 0.114. The van der Waals surface area contributed by atoms with Gasteiger partial charge in [-0.2, -0.15) is 0 Å². The summed E-state index contributed by atoms with van der Waals surface area (Å²) in [5, 5.41) is 9.68. The Morgan fingerprint density at radius 1 is 1.38 bits per heavy atom. The van der Waals surface area contributed by atoms with Crippen LogP contribution < -0.4 is 5.73 Å². The number of phenolic OH excluding ortho intramolecular Hbond substituents is 1. The van der Waals surface area contributed by atoms with Crippen LogP contribution in [0.15, 0.2) is 24.4 Å². The zero-order chi connectivity index (χ0) is 11.7.